The van der Waals surface area contributed by atoms with E-state index in [2.05, 4.69) is 19.4 Å². The number of rotatable bonds is 4. The van der Waals surface area contributed by atoms with Gasteiger partial charge in [-0.3, -0.25) is 0 Å². The van der Waals surface area contributed by atoms with E-state index in [4.69, 9.17) is 5.73 Å². The van der Waals surface area contributed by atoms with E-state index in [9.17, 15) is 22.0 Å². The molecule has 1 rings (SSSR count). The van der Waals surface area contributed by atoms with Crippen LogP contribution >= 0.6 is 0 Å². The minimum absolute atomic E-state index is 0.185. The molecule has 0 aliphatic heterocycles. The molecule has 0 bridgehead atoms. The van der Waals surface area contributed by atoms with Gasteiger partial charge in [-0.25, -0.2) is 0 Å². The van der Waals surface area contributed by atoms with Crippen LogP contribution in [0.4, 0.5) is 27.6 Å². The molecule has 0 unspecified atom stereocenters. The molecule has 18 heavy (non-hydrogen) atoms. The number of anilines is 1. The molecule has 0 saturated carbocycles. The minimum atomic E-state index is -5.71. The molecule has 0 radical (unpaired) electrons. The monoisotopic (exact) mass is 273 g/mol. The predicted octanol–water partition coefficient (Wildman–Crippen LogP) is 1.64. The highest BCUT2D eigenvalue weighted by Crippen LogP contribution is 2.36. The zero-order valence-electron chi connectivity index (χ0n) is 8.96. The Bertz CT molecular complexity index is 424. The van der Waals surface area contributed by atoms with Gasteiger partial charge in [-0.1, -0.05) is 0 Å². The summed E-state index contributed by atoms with van der Waals surface area (Å²) in [5, 5.41) is 0. The molecule has 2 N–H and O–H groups in total. The molecule has 0 amide bonds. The fourth-order valence-electron chi connectivity index (χ4n) is 0.883. The van der Waals surface area contributed by atoms with Gasteiger partial charge in [0.15, 0.2) is 12.3 Å². The minimum Gasteiger partial charge on any atom is -0.479 e. The lowest BCUT2D eigenvalue weighted by Gasteiger charge is -2.19. The summed E-state index contributed by atoms with van der Waals surface area (Å²) in [7, 11) is 1.19. The molecule has 0 saturated heterocycles. The van der Waals surface area contributed by atoms with E-state index >= 15 is 0 Å². The quantitative estimate of drug-likeness (QED) is 0.844. The Hall–Kier alpha value is -1.87. The maximum atomic E-state index is 12.6. The Kier molecular flexibility index (Phi) is 3.77. The van der Waals surface area contributed by atoms with Crippen molar-refractivity contribution >= 4 is 5.69 Å². The smallest absolute Gasteiger partial charge is 0.456 e. The van der Waals surface area contributed by atoms with E-state index in [-0.39, 0.29) is 11.6 Å². The van der Waals surface area contributed by atoms with E-state index in [0.29, 0.717) is 0 Å². The molecular formula is C8H8F5N3O2. The molecule has 0 aliphatic carbocycles. The molecule has 1 aromatic rings. The predicted molar refractivity (Wildman–Crippen MR) is 49.5 cm³/mol. The van der Waals surface area contributed by atoms with E-state index in [1.54, 1.807) is 0 Å². The summed E-state index contributed by atoms with van der Waals surface area (Å²) in [6.07, 6.45) is -4.85. The van der Waals surface area contributed by atoms with Crippen molar-refractivity contribution in [1.29, 1.82) is 0 Å². The van der Waals surface area contributed by atoms with E-state index in [1.165, 1.54) is 7.11 Å². The summed E-state index contributed by atoms with van der Waals surface area (Å²) in [5.74, 6) is -5.79. The SMILES string of the molecule is COc1ncnc(OCC(F)(F)C(F)(F)F)c1N. The van der Waals surface area contributed by atoms with Crippen LogP contribution in [0.25, 0.3) is 0 Å². The normalized spacial score (nSPS) is 12.3. The van der Waals surface area contributed by atoms with Crippen molar-refractivity contribution in [3.8, 4) is 11.8 Å². The molecule has 0 aromatic carbocycles. The van der Waals surface area contributed by atoms with Gasteiger partial charge in [-0.05, 0) is 0 Å². The van der Waals surface area contributed by atoms with Crippen LogP contribution in [0.15, 0.2) is 6.33 Å². The highest BCUT2D eigenvalue weighted by atomic mass is 19.4. The summed E-state index contributed by atoms with van der Waals surface area (Å²) in [4.78, 5) is 6.84. The highest BCUT2D eigenvalue weighted by molar-refractivity contribution is 5.55. The van der Waals surface area contributed by atoms with Crippen LogP contribution in [-0.2, 0) is 0 Å². The third-order valence-corrected chi connectivity index (χ3v) is 1.81. The third kappa shape index (κ3) is 2.87. The van der Waals surface area contributed by atoms with Crippen LogP contribution in [-0.4, -0.2) is 35.8 Å². The van der Waals surface area contributed by atoms with E-state index in [1.807, 2.05) is 0 Å². The molecule has 0 atom stereocenters. The Morgan fingerprint density at radius 1 is 1.17 bits per heavy atom. The average molecular weight is 273 g/mol. The first-order valence-electron chi connectivity index (χ1n) is 4.41. The summed E-state index contributed by atoms with van der Waals surface area (Å²) in [6, 6.07) is 0. The Labute approximate surface area is 97.7 Å². The number of nitrogens with zero attached hydrogens (tertiary/aromatic N) is 2. The van der Waals surface area contributed by atoms with Crippen molar-refractivity contribution in [3.63, 3.8) is 0 Å². The van der Waals surface area contributed by atoms with Gasteiger partial charge < -0.3 is 15.2 Å². The molecule has 0 spiro atoms. The van der Waals surface area contributed by atoms with Gasteiger partial charge in [0.25, 0.3) is 0 Å². The first-order valence-corrected chi connectivity index (χ1v) is 4.41. The van der Waals surface area contributed by atoms with Gasteiger partial charge in [0.2, 0.25) is 11.8 Å². The second kappa shape index (κ2) is 4.78. The lowest BCUT2D eigenvalue weighted by Crippen LogP contribution is -2.41. The van der Waals surface area contributed by atoms with Crippen molar-refractivity contribution in [3.05, 3.63) is 6.33 Å². The van der Waals surface area contributed by atoms with Crippen LogP contribution in [0, 0.1) is 0 Å². The fourth-order valence-corrected chi connectivity index (χ4v) is 0.883. The van der Waals surface area contributed by atoms with E-state index < -0.39 is 24.6 Å². The second-order valence-corrected chi connectivity index (χ2v) is 3.09. The molecule has 1 aromatic heterocycles. The lowest BCUT2D eigenvalue weighted by atomic mass is 10.3. The number of hydrogen-bond donors (Lipinski definition) is 1. The van der Waals surface area contributed by atoms with Crippen molar-refractivity contribution in [2.75, 3.05) is 19.5 Å². The number of ether oxygens (including phenoxy) is 2. The largest absolute Gasteiger partial charge is 0.479 e. The topological polar surface area (TPSA) is 70.3 Å². The van der Waals surface area contributed by atoms with Crippen molar-refractivity contribution in [1.82, 2.24) is 9.97 Å². The zero-order valence-corrected chi connectivity index (χ0v) is 8.96. The lowest BCUT2D eigenvalue weighted by molar-refractivity contribution is -0.290. The van der Waals surface area contributed by atoms with Gasteiger partial charge in [0, 0.05) is 0 Å². The summed E-state index contributed by atoms with van der Waals surface area (Å²) in [6.45, 7) is -1.93. The van der Waals surface area contributed by atoms with Crippen LogP contribution < -0.4 is 15.2 Å². The number of methoxy groups -OCH3 is 1. The number of nitrogens with two attached hydrogens (primary N) is 1. The number of aromatic nitrogens is 2. The van der Waals surface area contributed by atoms with Crippen molar-refractivity contribution in [2.24, 2.45) is 0 Å². The highest BCUT2D eigenvalue weighted by Gasteiger charge is 2.58. The first kappa shape index (κ1) is 14.2. The van der Waals surface area contributed by atoms with Gasteiger partial charge in [0.05, 0.1) is 7.11 Å². The van der Waals surface area contributed by atoms with Crippen LogP contribution in [0.3, 0.4) is 0 Å². The number of halogens is 5. The van der Waals surface area contributed by atoms with Gasteiger partial charge in [0.1, 0.15) is 6.33 Å². The second-order valence-electron chi connectivity index (χ2n) is 3.09. The summed E-state index contributed by atoms with van der Waals surface area (Å²) < 4.78 is 69.6. The standard InChI is InChI=1S/C8H8F5N3O2/c1-17-5-4(14)6(16-3-15-5)18-2-7(9,10)8(11,12)13/h3H,2,14H2,1H3. The average Bonchev–Trinajstić information content (AvgIpc) is 2.26. The number of nitrogen functional groups attached to an aromatic ring is 1. The first-order chi connectivity index (χ1) is 8.19. The molecule has 102 valence electrons. The number of alkyl halides is 5. The number of hydrogen-bond acceptors (Lipinski definition) is 5. The maximum Gasteiger partial charge on any atom is 0.456 e. The molecular weight excluding hydrogens is 265 g/mol. The molecule has 0 fully saturated rings. The van der Waals surface area contributed by atoms with Crippen LogP contribution in [0.1, 0.15) is 0 Å². The summed E-state index contributed by atoms with van der Waals surface area (Å²) >= 11 is 0. The molecule has 5 nitrogen and oxygen atoms in total. The Morgan fingerprint density at radius 3 is 2.22 bits per heavy atom. The van der Waals surface area contributed by atoms with Crippen LogP contribution in [0.5, 0.6) is 11.8 Å². The molecule has 10 heteroatoms. The van der Waals surface area contributed by atoms with Crippen molar-refractivity contribution in [2.45, 2.75) is 12.1 Å². The zero-order chi connectivity index (χ0) is 14.0. The molecule has 0 aliphatic rings. The van der Waals surface area contributed by atoms with Crippen molar-refractivity contribution < 1.29 is 31.4 Å². The fraction of sp³-hybridized carbons (Fsp3) is 0.500. The van der Waals surface area contributed by atoms with Gasteiger partial charge in [-0.15, -0.1) is 0 Å². The molecule has 1 heterocycles. The Balaban J connectivity index is 2.82. The third-order valence-electron chi connectivity index (χ3n) is 1.81. The Morgan fingerprint density at radius 2 is 1.72 bits per heavy atom. The van der Waals surface area contributed by atoms with Crippen LogP contribution in [0.2, 0.25) is 0 Å². The van der Waals surface area contributed by atoms with Gasteiger partial charge >= 0.3 is 12.1 Å². The maximum absolute atomic E-state index is 12.6. The van der Waals surface area contributed by atoms with E-state index in [0.717, 1.165) is 6.33 Å². The summed E-state index contributed by atoms with van der Waals surface area (Å²) in [5.41, 5.74) is 4.97. The van der Waals surface area contributed by atoms with Gasteiger partial charge in [-0.2, -0.15) is 31.9 Å².